The highest BCUT2D eigenvalue weighted by Gasteiger charge is 2.21. The molecule has 4 nitrogen and oxygen atoms in total. The Balaban J connectivity index is 1.67. The highest BCUT2D eigenvalue weighted by molar-refractivity contribution is 7.89. The first-order valence-corrected chi connectivity index (χ1v) is 10.8. The van der Waals surface area contributed by atoms with E-state index in [1.807, 2.05) is 12.1 Å². The minimum absolute atomic E-state index is 0.339. The fourth-order valence-corrected chi connectivity index (χ4v) is 4.74. The second kappa shape index (κ2) is 7.51. The molecule has 0 N–H and O–H groups in total. The number of hydrogen-bond acceptors (Lipinski definition) is 3. The van der Waals surface area contributed by atoms with Crippen LogP contribution in [0.25, 0.3) is 11.1 Å². The summed E-state index contributed by atoms with van der Waals surface area (Å²) in [6, 6.07) is 24.3. The first kappa shape index (κ1) is 18.9. The van der Waals surface area contributed by atoms with Gasteiger partial charge in [-0.25, -0.2) is 12.7 Å². The largest absolute Gasteiger partial charge is 0.291 e. The molecule has 28 heavy (non-hydrogen) atoms. The molecule has 0 radical (unpaired) electrons. The van der Waals surface area contributed by atoms with E-state index in [9.17, 15) is 8.42 Å². The molecule has 0 fully saturated rings. The van der Waals surface area contributed by atoms with Crippen LogP contribution >= 0.6 is 0 Å². The molecule has 1 aliphatic rings. The molecule has 1 heterocycles. The molecule has 0 spiro atoms. The second-order valence-electron chi connectivity index (χ2n) is 7.39. The smallest absolute Gasteiger partial charge is 0.242 e. The normalized spacial score (nSPS) is 14.4. The van der Waals surface area contributed by atoms with E-state index in [0.29, 0.717) is 11.4 Å². The summed E-state index contributed by atoms with van der Waals surface area (Å²) in [6.07, 6.45) is 0. The van der Waals surface area contributed by atoms with E-state index in [2.05, 4.69) is 53.4 Å². The maximum atomic E-state index is 12.5. The molecule has 0 atom stereocenters. The Bertz CT molecular complexity index is 1060. The SMILES string of the molecule is CN(C)S(=O)(=O)c1cccc(CN2Cc3ccccc3-c3ccccc3C2)c1. The number of fused-ring (bicyclic) bond motifs is 3. The standard InChI is InChI=1S/C23H24N2O2S/c1-24(2)28(26,27)21-11-7-8-18(14-21)15-25-16-19-9-3-5-12-22(19)23-13-6-4-10-20(23)17-25/h3-14H,15-17H2,1-2H3. The Hall–Kier alpha value is -2.47. The number of nitrogens with zero attached hydrogens (tertiary/aromatic N) is 2. The summed E-state index contributed by atoms with van der Waals surface area (Å²) in [7, 11) is -0.310. The molecule has 3 aromatic rings. The number of benzene rings is 3. The van der Waals surface area contributed by atoms with Crippen LogP contribution in [0.1, 0.15) is 16.7 Å². The molecule has 0 saturated heterocycles. The molecule has 4 rings (SSSR count). The molecule has 5 heteroatoms. The predicted molar refractivity (Wildman–Crippen MR) is 112 cm³/mol. The van der Waals surface area contributed by atoms with Gasteiger partial charge in [-0.2, -0.15) is 0 Å². The van der Waals surface area contributed by atoms with Crippen molar-refractivity contribution in [3.63, 3.8) is 0 Å². The van der Waals surface area contributed by atoms with Gasteiger partial charge in [-0.1, -0.05) is 60.7 Å². The van der Waals surface area contributed by atoms with Crippen LogP contribution in [-0.2, 0) is 29.7 Å². The maximum Gasteiger partial charge on any atom is 0.242 e. The van der Waals surface area contributed by atoms with Gasteiger partial charge in [0.2, 0.25) is 10.0 Å². The molecule has 0 amide bonds. The summed E-state index contributed by atoms with van der Waals surface area (Å²) >= 11 is 0. The Labute approximate surface area is 167 Å². The molecule has 0 saturated carbocycles. The zero-order chi connectivity index (χ0) is 19.7. The minimum Gasteiger partial charge on any atom is -0.291 e. The van der Waals surface area contributed by atoms with Crippen LogP contribution in [-0.4, -0.2) is 31.7 Å². The summed E-state index contributed by atoms with van der Waals surface area (Å²) < 4.78 is 26.2. The number of rotatable bonds is 4. The van der Waals surface area contributed by atoms with Gasteiger partial charge in [0.15, 0.2) is 0 Å². The Morgan fingerprint density at radius 3 is 1.96 bits per heavy atom. The van der Waals surface area contributed by atoms with Gasteiger partial charge >= 0.3 is 0 Å². The van der Waals surface area contributed by atoms with E-state index in [4.69, 9.17) is 0 Å². The summed E-state index contributed by atoms with van der Waals surface area (Å²) in [5.74, 6) is 0. The average molecular weight is 393 g/mol. The summed E-state index contributed by atoms with van der Waals surface area (Å²) in [6.45, 7) is 2.35. The lowest BCUT2D eigenvalue weighted by molar-refractivity contribution is 0.250. The van der Waals surface area contributed by atoms with Crippen molar-refractivity contribution in [2.75, 3.05) is 14.1 Å². The Kier molecular flexibility index (Phi) is 5.06. The van der Waals surface area contributed by atoms with Crippen molar-refractivity contribution >= 4 is 10.0 Å². The van der Waals surface area contributed by atoms with Crippen molar-refractivity contribution in [2.24, 2.45) is 0 Å². The van der Waals surface area contributed by atoms with Crippen LogP contribution in [0.15, 0.2) is 77.7 Å². The molecule has 0 unspecified atom stereocenters. The van der Waals surface area contributed by atoms with Crippen molar-refractivity contribution in [2.45, 2.75) is 24.5 Å². The molecule has 0 aromatic heterocycles. The van der Waals surface area contributed by atoms with E-state index in [0.717, 1.165) is 18.7 Å². The molecule has 0 bridgehead atoms. The molecule has 3 aromatic carbocycles. The molecule has 1 aliphatic heterocycles. The summed E-state index contributed by atoms with van der Waals surface area (Å²) in [4.78, 5) is 2.71. The third kappa shape index (κ3) is 3.61. The van der Waals surface area contributed by atoms with Crippen molar-refractivity contribution < 1.29 is 8.42 Å². The lowest BCUT2D eigenvalue weighted by Crippen LogP contribution is -2.23. The van der Waals surface area contributed by atoms with Crippen molar-refractivity contribution in [1.29, 1.82) is 0 Å². The number of hydrogen-bond donors (Lipinski definition) is 0. The quantitative estimate of drug-likeness (QED) is 0.671. The van der Waals surface area contributed by atoms with Gasteiger partial charge in [0.05, 0.1) is 4.90 Å². The highest BCUT2D eigenvalue weighted by Crippen LogP contribution is 2.33. The van der Waals surface area contributed by atoms with Crippen LogP contribution < -0.4 is 0 Å². The van der Waals surface area contributed by atoms with E-state index in [1.54, 1.807) is 26.2 Å². The van der Waals surface area contributed by atoms with Crippen LogP contribution in [0.3, 0.4) is 0 Å². The van der Waals surface area contributed by atoms with Gasteiger partial charge in [-0.05, 0) is 39.9 Å². The monoisotopic (exact) mass is 392 g/mol. The highest BCUT2D eigenvalue weighted by atomic mass is 32.2. The minimum atomic E-state index is -3.43. The van der Waals surface area contributed by atoms with Gasteiger partial charge in [-0.15, -0.1) is 0 Å². The third-order valence-electron chi connectivity index (χ3n) is 5.20. The average Bonchev–Trinajstić information content (AvgIpc) is 2.84. The maximum absolute atomic E-state index is 12.5. The van der Waals surface area contributed by atoms with E-state index >= 15 is 0 Å². The van der Waals surface area contributed by atoms with Gasteiger partial charge in [0.25, 0.3) is 0 Å². The van der Waals surface area contributed by atoms with E-state index in [1.165, 1.54) is 26.6 Å². The topological polar surface area (TPSA) is 40.6 Å². The first-order chi connectivity index (χ1) is 13.4. The molecule has 0 aliphatic carbocycles. The van der Waals surface area contributed by atoms with Crippen molar-refractivity contribution in [1.82, 2.24) is 9.21 Å². The van der Waals surface area contributed by atoms with Crippen LogP contribution in [0.2, 0.25) is 0 Å². The fraction of sp³-hybridized carbons (Fsp3) is 0.217. The third-order valence-corrected chi connectivity index (χ3v) is 7.01. The number of sulfonamides is 1. The predicted octanol–water partition coefficient (Wildman–Crippen LogP) is 4.12. The van der Waals surface area contributed by atoms with Gasteiger partial charge in [0.1, 0.15) is 0 Å². The van der Waals surface area contributed by atoms with Gasteiger partial charge in [0, 0.05) is 33.7 Å². The lowest BCUT2D eigenvalue weighted by Gasteiger charge is -2.22. The lowest BCUT2D eigenvalue weighted by atomic mass is 9.97. The van der Waals surface area contributed by atoms with Crippen molar-refractivity contribution in [3.8, 4) is 11.1 Å². The molecular formula is C23H24N2O2S. The Morgan fingerprint density at radius 1 is 0.821 bits per heavy atom. The molecule has 144 valence electrons. The summed E-state index contributed by atoms with van der Waals surface area (Å²) in [5.41, 5.74) is 6.16. The zero-order valence-electron chi connectivity index (χ0n) is 16.2. The second-order valence-corrected chi connectivity index (χ2v) is 9.55. The van der Waals surface area contributed by atoms with Gasteiger partial charge in [-0.3, -0.25) is 4.90 Å². The van der Waals surface area contributed by atoms with Crippen LogP contribution in [0.5, 0.6) is 0 Å². The van der Waals surface area contributed by atoms with E-state index < -0.39 is 10.0 Å². The summed E-state index contributed by atoms with van der Waals surface area (Å²) in [5, 5.41) is 0. The van der Waals surface area contributed by atoms with Crippen molar-refractivity contribution in [3.05, 3.63) is 89.5 Å². The van der Waals surface area contributed by atoms with E-state index in [-0.39, 0.29) is 0 Å². The fourth-order valence-electron chi connectivity index (χ4n) is 3.76. The molecular weight excluding hydrogens is 368 g/mol. The van der Waals surface area contributed by atoms with Crippen LogP contribution in [0, 0.1) is 0 Å². The first-order valence-electron chi connectivity index (χ1n) is 9.35. The Morgan fingerprint density at radius 2 is 1.39 bits per heavy atom. The van der Waals surface area contributed by atoms with Gasteiger partial charge < -0.3 is 0 Å². The zero-order valence-corrected chi connectivity index (χ0v) is 17.0. The van der Waals surface area contributed by atoms with Crippen LogP contribution in [0.4, 0.5) is 0 Å².